The number of carbonyl (C=O) groups excluding carboxylic acids is 2. The van der Waals surface area contributed by atoms with Crippen LogP contribution in [0.25, 0.3) is 0 Å². The Bertz CT molecular complexity index is 1110. The van der Waals surface area contributed by atoms with Crippen LogP contribution in [0.5, 0.6) is 5.75 Å². The first-order chi connectivity index (χ1) is 15.9. The van der Waals surface area contributed by atoms with E-state index in [-0.39, 0.29) is 29.1 Å². The molecule has 0 heterocycles. The molecule has 0 radical (unpaired) electrons. The van der Waals surface area contributed by atoms with Gasteiger partial charge in [0, 0.05) is 13.1 Å². The molecule has 186 valence electrons. The zero-order valence-corrected chi connectivity index (χ0v) is 21.7. The van der Waals surface area contributed by atoms with E-state index in [9.17, 15) is 18.0 Å². The lowest BCUT2D eigenvalue weighted by Crippen LogP contribution is -2.51. The molecule has 0 bridgehead atoms. The maximum Gasteiger partial charge on any atom is 0.244 e. The smallest absolute Gasteiger partial charge is 0.244 e. The van der Waals surface area contributed by atoms with Crippen molar-refractivity contribution in [2.24, 2.45) is 5.92 Å². The third kappa shape index (κ3) is 7.63. The number of hydrogen-bond donors (Lipinski definition) is 1. The highest BCUT2D eigenvalue weighted by atomic mass is 35.5. The number of ether oxygens (including phenoxy) is 1. The van der Waals surface area contributed by atoms with Crippen molar-refractivity contribution in [3.63, 3.8) is 0 Å². The van der Waals surface area contributed by atoms with Crippen LogP contribution < -0.4 is 14.4 Å². The van der Waals surface area contributed by atoms with E-state index in [4.69, 9.17) is 16.3 Å². The first-order valence-corrected chi connectivity index (χ1v) is 13.1. The highest BCUT2D eigenvalue weighted by molar-refractivity contribution is 7.92. The Morgan fingerprint density at radius 2 is 1.76 bits per heavy atom. The van der Waals surface area contributed by atoms with Crippen LogP contribution in [-0.2, 0) is 26.2 Å². The number of nitrogens with zero attached hydrogens (tertiary/aromatic N) is 2. The highest BCUT2D eigenvalue weighted by Crippen LogP contribution is 2.27. The van der Waals surface area contributed by atoms with Crippen LogP contribution in [0.3, 0.4) is 0 Å². The van der Waals surface area contributed by atoms with Gasteiger partial charge in [-0.2, -0.15) is 0 Å². The number of nitrogens with one attached hydrogen (secondary N) is 1. The molecule has 0 spiro atoms. The van der Waals surface area contributed by atoms with Gasteiger partial charge < -0.3 is 15.0 Å². The number of anilines is 1. The van der Waals surface area contributed by atoms with Gasteiger partial charge in [0.25, 0.3) is 0 Å². The number of amides is 2. The Morgan fingerprint density at radius 3 is 2.35 bits per heavy atom. The van der Waals surface area contributed by atoms with Crippen LogP contribution in [0, 0.1) is 5.92 Å². The summed E-state index contributed by atoms with van der Waals surface area (Å²) in [5.41, 5.74) is 0.929. The molecule has 2 amide bonds. The first-order valence-electron chi connectivity index (χ1n) is 10.9. The average molecular weight is 510 g/mol. The fraction of sp³-hybridized carbons (Fsp3) is 0.417. The predicted molar refractivity (Wildman–Crippen MR) is 134 cm³/mol. The summed E-state index contributed by atoms with van der Waals surface area (Å²) < 4.78 is 31.4. The number of benzene rings is 2. The number of carbonyl (C=O) groups is 2. The van der Waals surface area contributed by atoms with E-state index in [1.54, 1.807) is 43.3 Å². The molecule has 0 aliphatic carbocycles. The van der Waals surface area contributed by atoms with Crippen LogP contribution in [0.1, 0.15) is 26.3 Å². The molecule has 1 N–H and O–H groups in total. The van der Waals surface area contributed by atoms with Crippen molar-refractivity contribution in [3.8, 4) is 5.75 Å². The van der Waals surface area contributed by atoms with Crippen molar-refractivity contribution in [3.05, 3.63) is 59.1 Å². The monoisotopic (exact) mass is 509 g/mol. The minimum atomic E-state index is -3.84. The molecule has 0 saturated carbocycles. The summed E-state index contributed by atoms with van der Waals surface area (Å²) in [7, 11) is -2.30. The molecule has 8 nitrogen and oxygen atoms in total. The van der Waals surface area contributed by atoms with E-state index >= 15 is 0 Å². The van der Waals surface area contributed by atoms with E-state index in [2.05, 4.69) is 5.32 Å². The molecule has 0 aliphatic heterocycles. The summed E-state index contributed by atoms with van der Waals surface area (Å²) in [4.78, 5) is 27.7. The van der Waals surface area contributed by atoms with Gasteiger partial charge in [0.2, 0.25) is 21.8 Å². The van der Waals surface area contributed by atoms with Crippen LogP contribution >= 0.6 is 11.6 Å². The molecule has 2 aromatic rings. The van der Waals surface area contributed by atoms with E-state index in [1.807, 2.05) is 19.9 Å². The lowest BCUT2D eigenvalue weighted by atomic mass is 10.1. The lowest BCUT2D eigenvalue weighted by molar-refractivity contribution is -0.139. The average Bonchev–Trinajstić information content (AvgIpc) is 2.78. The summed E-state index contributed by atoms with van der Waals surface area (Å²) in [6, 6.07) is 12.7. The summed E-state index contributed by atoms with van der Waals surface area (Å²) in [5.74, 6) is -0.0239. The lowest BCUT2D eigenvalue weighted by Gasteiger charge is -2.32. The minimum Gasteiger partial charge on any atom is -0.497 e. The summed E-state index contributed by atoms with van der Waals surface area (Å²) in [5, 5.41) is 3.04. The molecule has 34 heavy (non-hydrogen) atoms. The van der Waals surface area contributed by atoms with Gasteiger partial charge in [-0.3, -0.25) is 13.9 Å². The number of rotatable bonds is 11. The molecule has 10 heteroatoms. The van der Waals surface area contributed by atoms with Crippen molar-refractivity contribution in [1.82, 2.24) is 10.2 Å². The Hall–Kier alpha value is -2.78. The van der Waals surface area contributed by atoms with E-state index in [0.29, 0.717) is 12.3 Å². The molecule has 0 fully saturated rings. The maximum absolute atomic E-state index is 13.5. The normalized spacial score (nSPS) is 12.2. The van der Waals surface area contributed by atoms with E-state index in [0.717, 1.165) is 16.1 Å². The Morgan fingerprint density at radius 1 is 1.09 bits per heavy atom. The van der Waals surface area contributed by atoms with Gasteiger partial charge in [-0.15, -0.1) is 0 Å². The number of halogens is 1. The van der Waals surface area contributed by atoms with E-state index in [1.165, 1.54) is 18.1 Å². The first kappa shape index (κ1) is 27.5. The van der Waals surface area contributed by atoms with Crippen molar-refractivity contribution in [2.75, 3.05) is 30.8 Å². The quantitative estimate of drug-likeness (QED) is 0.501. The zero-order chi connectivity index (χ0) is 25.5. The van der Waals surface area contributed by atoms with Crippen LogP contribution in [0.2, 0.25) is 5.02 Å². The SMILES string of the molecule is COc1cccc(CN(C(=O)CN(c2ccccc2Cl)S(C)(=O)=O)C(C)C(=O)NCC(C)C)c1. The molecule has 2 rings (SSSR count). The van der Waals surface area contributed by atoms with Crippen LogP contribution in [-0.4, -0.2) is 57.6 Å². The molecule has 0 aromatic heterocycles. The molecule has 2 aromatic carbocycles. The fourth-order valence-corrected chi connectivity index (χ4v) is 4.40. The Labute approximate surface area is 206 Å². The number of para-hydroxylation sites is 1. The molecule has 0 saturated heterocycles. The van der Waals surface area contributed by atoms with Gasteiger partial charge in [0.1, 0.15) is 18.3 Å². The fourth-order valence-electron chi connectivity index (χ4n) is 3.25. The summed E-state index contributed by atoms with van der Waals surface area (Å²) in [6.45, 7) is 5.60. The molecular weight excluding hydrogens is 478 g/mol. The van der Waals surface area contributed by atoms with Crippen molar-refractivity contribution >= 4 is 39.1 Å². The Kier molecular flexibility index (Phi) is 9.76. The van der Waals surface area contributed by atoms with Crippen molar-refractivity contribution in [2.45, 2.75) is 33.4 Å². The molecular formula is C24H32ClN3O5S. The number of methoxy groups -OCH3 is 1. The number of sulfonamides is 1. The van der Waals surface area contributed by atoms with Crippen molar-refractivity contribution in [1.29, 1.82) is 0 Å². The zero-order valence-electron chi connectivity index (χ0n) is 20.1. The second-order valence-corrected chi connectivity index (χ2v) is 10.7. The third-order valence-corrected chi connectivity index (χ3v) is 6.59. The van der Waals surface area contributed by atoms with Crippen LogP contribution in [0.15, 0.2) is 48.5 Å². The van der Waals surface area contributed by atoms with Crippen LogP contribution in [0.4, 0.5) is 5.69 Å². The largest absolute Gasteiger partial charge is 0.497 e. The molecule has 1 atom stereocenters. The molecule has 0 aliphatic rings. The van der Waals surface area contributed by atoms with E-state index < -0.39 is 28.5 Å². The Balaban J connectivity index is 2.39. The topological polar surface area (TPSA) is 96.0 Å². The summed E-state index contributed by atoms with van der Waals surface area (Å²) >= 11 is 6.23. The molecule has 1 unspecified atom stereocenters. The summed E-state index contributed by atoms with van der Waals surface area (Å²) in [6.07, 6.45) is 1.01. The second-order valence-electron chi connectivity index (χ2n) is 8.41. The van der Waals surface area contributed by atoms with Gasteiger partial charge in [-0.05, 0) is 42.7 Å². The van der Waals surface area contributed by atoms with Gasteiger partial charge >= 0.3 is 0 Å². The predicted octanol–water partition coefficient (Wildman–Crippen LogP) is 3.30. The van der Waals surface area contributed by atoms with Crippen molar-refractivity contribution < 1.29 is 22.7 Å². The van der Waals surface area contributed by atoms with Gasteiger partial charge in [0.05, 0.1) is 24.1 Å². The second kappa shape index (κ2) is 12.1. The third-order valence-electron chi connectivity index (χ3n) is 5.14. The maximum atomic E-state index is 13.5. The number of hydrogen-bond acceptors (Lipinski definition) is 5. The van der Waals surface area contributed by atoms with Gasteiger partial charge in [-0.1, -0.05) is 49.7 Å². The highest BCUT2D eigenvalue weighted by Gasteiger charge is 2.30. The van der Waals surface area contributed by atoms with Gasteiger partial charge in [0.15, 0.2) is 0 Å². The minimum absolute atomic E-state index is 0.0897. The van der Waals surface area contributed by atoms with Gasteiger partial charge in [-0.25, -0.2) is 8.42 Å². The standard InChI is InChI=1S/C24H32ClN3O5S/c1-17(2)14-26-24(30)18(3)27(15-19-9-8-10-20(13-19)33-4)23(29)16-28(34(5,31)32)22-12-7-6-11-21(22)25/h6-13,17-18H,14-16H2,1-5H3,(H,26,30).